The van der Waals surface area contributed by atoms with Crippen molar-refractivity contribution in [2.45, 2.75) is 38.8 Å². The third-order valence-electron chi connectivity index (χ3n) is 3.76. The van der Waals surface area contributed by atoms with Crippen LogP contribution in [0.15, 0.2) is 18.2 Å². The Hall–Kier alpha value is -1.06. The Labute approximate surface area is 116 Å². The van der Waals surface area contributed by atoms with Crippen molar-refractivity contribution < 1.29 is 4.74 Å². The van der Waals surface area contributed by atoms with Crippen LogP contribution in [0.3, 0.4) is 0 Å². The lowest BCUT2D eigenvalue weighted by atomic mass is 10.0. The molecule has 1 aliphatic rings. The Bertz CT molecular complexity index is 417. The van der Waals surface area contributed by atoms with E-state index in [0.717, 1.165) is 25.3 Å². The molecule has 0 bridgehead atoms. The van der Waals surface area contributed by atoms with E-state index < -0.39 is 0 Å². The number of hydrogen-bond donors (Lipinski definition) is 1. The molecule has 1 aromatic carbocycles. The number of nitrogens with zero attached hydrogens (tertiary/aromatic N) is 1. The average Bonchev–Trinajstić information content (AvgIpc) is 2.83. The molecule has 1 N–H and O–H groups in total. The molecule has 0 saturated heterocycles. The minimum absolute atomic E-state index is 0.392. The van der Waals surface area contributed by atoms with Gasteiger partial charge in [0.05, 0.1) is 6.61 Å². The van der Waals surface area contributed by atoms with Gasteiger partial charge < -0.3 is 15.0 Å². The zero-order valence-electron chi connectivity index (χ0n) is 12.6. The standard InChI is InChI=1S/C16H26N2O/c1-12(7-9-18(3)4)17-13(2)14-5-6-16-15(11-14)8-10-19-16/h5-6,11-13,17H,7-10H2,1-4H3. The van der Waals surface area contributed by atoms with Crippen LogP contribution in [0, 0.1) is 0 Å². The van der Waals surface area contributed by atoms with E-state index in [1.54, 1.807) is 0 Å². The van der Waals surface area contributed by atoms with Crippen molar-refractivity contribution in [2.24, 2.45) is 0 Å². The normalized spacial score (nSPS) is 17.1. The summed E-state index contributed by atoms with van der Waals surface area (Å²) in [7, 11) is 4.24. The molecule has 1 aromatic rings. The summed E-state index contributed by atoms with van der Waals surface area (Å²) in [5.74, 6) is 1.07. The molecule has 3 heteroatoms. The molecule has 2 unspecified atom stereocenters. The molecular formula is C16H26N2O. The van der Waals surface area contributed by atoms with E-state index >= 15 is 0 Å². The van der Waals surface area contributed by atoms with E-state index in [-0.39, 0.29) is 0 Å². The van der Waals surface area contributed by atoms with Gasteiger partial charge in [-0.2, -0.15) is 0 Å². The zero-order valence-corrected chi connectivity index (χ0v) is 12.6. The Kier molecular flexibility index (Phi) is 4.83. The lowest BCUT2D eigenvalue weighted by molar-refractivity contribution is 0.354. The van der Waals surface area contributed by atoms with Crippen molar-refractivity contribution in [2.75, 3.05) is 27.2 Å². The van der Waals surface area contributed by atoms with E-state index in [9.17, 15) is 0 Å². The molecule has 2 rings (SSSR count). The molecule has 3 nitrogen and oxygen atoms in total. The first kappa shape index (κ1) is 14.4. The van der Waals surface area contributed by atoms with Crippen molar-refractivity contribution >= 4 is 0 Å². The highest BCUT2D eigenvalue weighted by molar-refractivity contribution is 5.40. The van der Waals surface area contributed by atoms with Gasteiger partial charge in [-0.1, -0.05) is 12.1 Å². The van der Waals surface area contributed by atoms with Crippen LogP contribution in [0.25, 0.3) is 0 Å². The third kappa shape index (κ3) is 3.95. The van der Waals surface area contributed by atoms with Gasteiger partial charge in [-0.05, 0) is 58.1 Å². The summed E-state index contributed by atoms with van der Waals surface area (Å²) in [6.07, 6.45) is 2.22. The largest absolute Gasteiger partial charge is 0.493 e. The predicted molar refractivity (Wildman–Crippen MR) is 79.8 cm³/mol. The molecule has 1 aliphatic heterocycles. The van der Waals surface area contributed by atoms with Gasteiger partial charge in [-0.3, -0.25) is 0 Å². The fraction of sp³-hybridized carbons (Fsp3) is 0.625. The Morgan fingerprint density at radius 2 is 2.11 bits per heavy atom. The second-order valence-corrected chi connectivity index (χ2v) is 5.85. The Morgan fingerprint density at radius 1 is 1.32 bits per heavy atom. The van der Waals surface area contributed by atoms with Crippen LogP contribution in [0.2, 0.25) is 0 Å². The van der Waals surface area contributed by atoms with E-state index in [4.69, 9.17) is 4.74 Å². The molecule has 1 heterocycles. The first-order chi connectivity index (χ1) is 9.06. The van der Waals surface area contributed by atoms with Gasteiger partial charge in [0, 0.05) is 18.5 Å². The minimum atomic E-state index is 0.392. The summed E-state index contributed by atoms with van der Waals surface area (Å²) in [6.45, 7) is 6.46. The van der Waals surface area contributed by atoms with E-state index in [1.165, 1.54) is 17.5 Å². The summed E-state index contributed by atoms with van der Waals surface area (Å²) < 4.78 is 5.55. The van der Waals surface area contributed by atoms with E-state index in [2.05, 4.69) is 56.4 Å². The Balaban J connectivity index is 1.90. The maximum Gasteiger partial charge on any atom is 0.122 e. The van der Waals surface area contributed by atoms with Crippen molar-refractivity contribution in [1.29, 1.82) is 0 Å². The number of rotatable bonds is 6. The molecule has 106 valence electrons. The average molecular weight is 262 g/mol. The van der Waals surface area contributed by atoms with Crippen LogP contribution in [0.1, 0.15) is 37.4 Å². The summed E-state index contributed by atoms with van der Waals surface area (Å²) in [4.78, 5) is 2.23. The monoisotopic (exact) mass is 262 g/mol. The first-order valence-corrected chi connectivity index (χ1v) is 7.22. The number of fused-ring (bicyclic) bond motifs is 1. The van der Waals surface area contributed by atoms with Crippen molar-refractivity contribution in [3.05, 3.63) is 29.3 Å². The van der Waals surface area contributed by atoms with Crippen LogP contribution in [-0.2, 0) is 6.42 Å². The fourth-order valence-corrected chi connectivity index (χ4v) is 2.53. The summed E-state index contributed by atoms with van der Waals surface area (Å²) in [5.41, 5.74) is 2.72. The molecule has 0 aromatic heterocycles. The lowest BCUT2D eigenvalue weighted by Gasteiger charge is -2.22. The minimum Gasteiger partial charge on any atom is -0.493 e. The second kappa shape index (κ2) is 6.40. The number of benzene rings is 1. The van der Waals surface area contributed by atoms with E-state index in [0.29, 0.717) is 12.1 Å². The smallest absolute Gasteiger partial charge is 0.122 e. The zero-order chi connectivity index (χ0) is 13.8. The molecule has 0 saturated carbocycles. The quantitative estimate of drug-likeness (QED) is 0.853. The Morgan fingerprint density at radius 3 is 2.84 bits per heavy atom. The second-order valence-electron chi connectivity index (χ2n) is 5.85. The molecule has 0 amide bonds. The van der Waals surface area contributed by atoms with Gasteiger partial charge in [0.15, 0.2) is 0 Å². The van der Waals surface area contributed by atoms with E-state index in [1.807, 2.05) is 0 Å². The van der Waals surface area contributed by atoms with Crippen LogP contribution in [0.4, 0.5) is 0 Å². The summed E-state index contributed by atoms with van der Waals surface area (Å²) >= 11 is 0. The third-order valence-corrected chi connectivity index (χ3v) is 3.76. The summed E-state index contributed by atoms with van der Waals surface area (Å²) in [5, 5.41) is 3.68. The SMILES string of the molecule is CC(CCN(C)C)NC(C)c1ccc2c(c1)CCO2. The fourth-order valence-electron chi connectivity index (χ4n) is 2.53. The highest BCUT2D eigenvalue weighted by Gasteiger charge is 2.15. The molecule has 2 atom stereocenters. The maximum absolute atomic E-state index is 5.55. The molecule has 0 radical (unpaired) electrons. The number of ether oxygens (including phenoxy) is 1. The van der Waals surface area contributed by atoms with Gasteiger partial charge >= 0.3 is 0 Å². The molecule has 19 heavy (non-hydrogen) atoms. The molecular weight excluding hydrogens is 236 g/mol. The van der Waals surface area contributed by atoms with Gasteiger partial charge in [0.25, 0.3) is 0 Å². The molecule has 0 spiro atoms. The maximum atomic E-state index is 5.55. The van der Waals surface area contributed by atoms with Gasteiger partial charge in [0.2, 0.25) is 0 Å². The highest BCUT2D eigenvalue weighted by Crippen LogP contribution is 2.28. The molecule has 0 aliphatic carbocycles. The van der Waals surface area contributed by atoms with Crippen LogP contribution < -0.4 is 10.1 Å². The lowest BCUT2D eigenvalue weighted by Crippen LogP contribution is -2.31. The topological polar surface area (TPSA) is 24.5 Å². The van der Waals surface area contributed by atoms with Crippen molar-refractivity contribution in [1.82, 2.24) is 10.2 Å². The van der Waals surface area contributed by atoms with Crippen molar-refractivity contribution in [3.8, 4) is 5.75 Å². The number of nitrogens with one attached hydrogen (secondary N) is 1. The highest BCUT2D eigenvalue weighted by atomic mass is 16.5. The first-order valence-electron chi connectivity index (χ1n) is 7.22. The van der Waals surface area contributed by atoms with Gasteiger partial charge in [-0.25, -0.2) is 0 Å². The van der Waals surface area contributed by atoms with Crippen LogP contribution >= 0.6 is 0 Å². The van der Waals surface area contributed by atoms with Gasteiger partial charge in [-0.15, -0.1) is 0 Å². The predicted octanol–water partition coefficient (Wildman–Crippen LogP) is 2.61. The van der Waals surface area contributed by atoms with Crippen molar-refractivity contribution in [3.63, 3.8) is 0 Å². The molecule has 0 fully saturated rings. The summed E-state index contributed by atoms with van der Waals surface area (Å²) in [6, 6.07) is 7.50. The number of hydrogen-bond acceptors (Lipinski definition) is 3. The van der Waals surface area contributed by atoms with Crippen LogP contribution in [0.5, 0.6) is 5.75 Å². The van der Waals surface area contributed by atoms with Crippen LogP contribution in [-0.4, -0.2) is 38.2 Å². The van der Waals surface area contributed by atoms with Gasteiger partial charge in [0.1, 0.15) is 5.75 Å².